The molecule has 1 aliphatic heterocycles. The molecule has 0 unspecified atom stereocenters. The molecule has 24 heavy (non-hydrogen) atoms. The normalized spacial score (nSPS) is 12.8. The zero-order valence-corrected chi connectivity index (χ0v) is 12.9. The van der Waals surface area contributed by atoms with Crippen LogP contribution in [0.3, 0.4) is 0 Å². The maximum Gasteiger partial charge on any atom is 0.277 e. The average molecular weight is 330 g/mol. The molecule has 1 heterocycles. The fourth-order valence-corrected chi connectivity index (χ4v) is 2.07. The number of hydrogen-bond donors (Lipinski definition) is 1. The number of fused-ring (bicyclic) bond motifs is 1. The number of hydrazone groups is 1. The van der Waals surface area contributed by atoms with Gasteiger partial charge < -0.3 is 14.2 Å². The van der Waals surface area contributed by atoms with Crippen LogP contribution in [-0.4, -0.2) is 25.0 Å². The quantitative estimate of drug-likeness (QED) is 0.675. The van der Waals surface area contributed by atoms with E-state index >= 15 is 0 Å². The Bertz CT molecular complexity index is 792. The van der Waals surface area contributed by atoms with Gasteiger partial charge in [0.1, 0.15) is 0 Å². The third-order valence-electron chi connectivity index (χ3n) is 3.33. The molecule has 1 aliphatic rings. The van der Waals surface area contributed by atoms with Crippen LogP contribution in [0.5, 0.6) is 17.2 Å². The van der Waals surface area contributed by atoms with Gasteiger partial charge in [0.05, 0.1) is 5.71 Å². The van der Waals surface area contributed by atoms with E-state index in [2.05, 4.69) is 10.5 Å². The second kappa shape index (κ2) is 6.99. The van der Waals surface area contributed by atoms with Gasteiger partial charge in [0, 0.05) is 5.56 Å². The lowest BCUT2D eigenvalue weighted by molar-refractivity contribution is -0.123. The minimum absolute atomic E-state index is 0.0177. The van der Waals surface area contributed by atoms with E-state index in [1.807, 2.05) is 6.07 Å². The summed E-state index contributed by atoms with van der Waals surface area (Å²) in [6, 6.07) is 11.2. The standard InChI is InChI=1S/C17H15FN2O4/c1-11(12-6-7-15-16(8-12)24-10-23-15)19-20-17(21)9-22-14-5-3-2-4-13(14)18/h2-8H,9-10H2,1H3,(H,20,21)/b19-11-. The number of hydrogen-bond acceptors (Lipinski definition) is 5. The van der Waals surface area contributed by atoms with Gasteiger partial charge in [-0.05, 0) is 37.3 Å². The monoisotopic (exact) mass is 330 g/mol. The largest absolute Gasteiger partial charge is 0.481 e. The van der Waals surface area contributed by atoms with E-state index in [0.717, 1.165) is 5.56 Å². The molecule has 1 N–H and O–H groups in total. The summed E-state index contributed by atoms with van der Waals surface area (Å²) in [4.78, 5) is 11.7. The van der Waals surface area contributed by atoms with Crippen molar-refractivity contribution in [2.75, 3.05) is 13.4 Å². The molecule has 0 spiro atoms. The Balaban J connectivity index is 1.56. The summed E-state index contributed by atoms with van der Waals surface area (Å²) in [5, 5.41) is 4.00. The molecule has 124 valence electrons. The predicted molar refractivity (Wildman–Crippen MR) is 84.8 cm³/mol. The fourth-order valence-electron chi connectivity index (χ4n) is 2.07. The number of nitrogens with zero attached hydrogens (tertiary/aromatic N) is 1. The highest BCUT2D eigenvalue weighted by atomic mass is 19.1. The van der Waals surface area contributed by atoms with Crippen molar-refractivity contribution in [3.63, 3.8) is 0 Å². The summed E-state index contributed by atoms with van der Waals surface area (Å²) < 4.78 is 29.0. The molecule has 0 saturated carbocycles. The number of benzene rings is 2. The first-order valence-corrected chi connectivity index (χ1v) is 7.24. The van der Waals surface area contributed by atoms with Crippen LogP contribution in [0.2, 0.25) is 0 Å². The summed E-state index contributed by atoms with van der Waals surface area (Å²) in [5.74, 6) is 0.318. The Labute approximate surface area is 137 Å². The van der Waals surface area contributed by atoms with E-state index in [4.69, 9.17) is 14.2 Å². The van der Waals surface area contributed by atoms with Crippen molar-refractivity contribution in [3.8, 4) is 17.2 Å². The third-order valence-corrected chi connectivity index (χ3v) is 3.33. The molecule has 0 aliphatic carbocycles. The molecule has 0 aromatic heterocycles. The molecular weight excluding hydrogens is 315 g/mol. The number of carbonyl (C=O) groups is 1. The predicted octanol–water partition coefficient (Wildman–Crippen LogP) is 2.47. The van der Waals surface area contributed by atoms with Crippen LogP contribution in [0.25, 0.3) is 0 Å². The zero-order chi connectivity index (χ0) is 16.9. The maximum absolute atomic E-state index is 13.4. The SMILES string of the molecule is C/C(=N/NC(=O)COc1ccccc1F)c1ccc2c(c1)OCO2. The Kier molecular flexibility index (Phi) is 4.60. The Hall–Kier alpha value is -3.09. The molecule has 1 amide bonds. The Morgan fingerprint density at radius 1 is 1.25 bits per heavy atom. The average Bonchev–Trinajstić information content (AvgIpc) is 3.06. The van der Waals surface area contributed by atoms with Crippen molar-refractivity contribution in [3.05, 3.63) is 53.8 Å². The van der Waals surface area contributed by atoms with Crippen molar-refractivity contribution in [2.24, 2.45) is 5.10 Å². The van der Waals surface area contributed by atoms with E-state index in [9.17, 15) is 9.18 Å². The van der Waals surface area contributed by atoms with Crippen LogP contribution in [-0.2, 0) is 4.79 Å². The number of rotatable bonds is 5. The molecular formula is C17H15FN2O4. The second-order valence-corrected chi connectivity index (χ2v) is 5.02. The summed E-state index contributed by atoms with van der Waals surface area (Å²) in [6.45, 7) is 1.60. The summed E-state index contributed by atoms with van der Waals surface area (Å²) in [5.41, 5.74) is 3.74. The van der Waals surface area contributed by atoms with Crippen molar-refractivity contribution in [1.82, 2.24) is 5.43 Å². The number of amides is 1. The topological polar surface area (TPSA) is 69.2 Å². The van der Waals surface area contributed by atoms with E-state index in [1.165, 1.54) is 12.1 Å². The summed E-state index contributed by atoms with van der Waals surface area (Å²) >= 11 is 0. The lowest BCUT2D eigenvalue weighted by Gasteiger charge is -2.06. The molecule has 6 nitrogen and oxygen atoms in total. The van der Waals surface area contributed by atoms with Crippen LogP contribution in [0, 0.1) is 5.82 Å². The maximum atomic E-state index is 13.4. The Morgan fingerprint density at radius 3 is 2.88 bits per heavy atom. The van der Waals surface area contributed by atoms with Gasteiger partial charge in [0.15, 0.2) is 29.7 Å². The number of ether oxygens (including phenoxy) is 3. The summed E-state index contributed by atoms with van der Waals surface area (Å²) in [7, 11) is 0. The highest BCUT2D eigenvalue weighted by molar-refractivity contribution is 5.99. The molecule has 0 saturated heterocycles. The molecule has 0 atom stereocenters. The molecule has 0 fully saturated rings. The van der Waals surface area contributed by atoms with Crippen LogP contribution >= 0.6 is 0 Å². The summed E-state index contributed by atoms with van der Waals surface area (Å²) in [6.07, 6.45) is 0. The van der Waals surface area contributed by atoms with Gasteiger partial charge in [-0.1, -0.05) is 12.1 Å². The van der Waals surface area contributed by atoms with Gasteiger partial charge in [-0.15, -0.1) is 0 Å². The van der Waals surface area contributed by atoms with Crippen molar-refractivity contribution < 1.29 is 23.4 Å². The van der Waals surface area contributed by atoms with E-state index < -0.39 is 11.7 Å². The highest BCUT2D eigenvalue weighted by Crippen LogP contribution is 2.32. The van der Waals surface area contributed by atoms with Gasteiger partial charge >= 0.3 is 0 Å². The van der Waals surface area contributed by atoms with Crippen LogP contribution in [0.1, 0.15) is 12.5 Å². The van der Waals surface area contributed by atoms with Gasteiger partial charge in [0.2, 0.25) is 6.79 Å². The van der Waals surface area contributed by atoms with Crippen molar-refractivity contribution in [2.45, 2.75) is 6.92 Å². The number of para-hydroxylation sites is 1. The van der Waals surface area contributed by atoms with Gasteiger partial charge in [-0.3, -0.25) is 4.79 Å². The minimum atomic E-state index is -0.523. The van der Waals surface area contributed by atoms with Crippen molar-refractivity contribution in [1.29, 1.82) is 0 Å². The van der Waals surface area contributed by atoms with Gasteiger partial charge in [-0.2, -0.15) is 5.10 Å². The van der Waals surface area contributed by atoms with Crippen LogP contribution in [0.4, 0.5) is 4.39 Å². The number of nitrogens with one attached hydrogen (secondary N) is 1. The number of carbonyl (C=O) groups excluding carboxylic acids is 1. The first-order valence-electron chi connectivity index (χ1n) is 7.24. The lowest BCUT2D eigenvalue weighted by atomic mass is 10.1. The molecule has 2 aromatic carbocycles. The zero-order valence-electron chi connectivity index (χ0n) is 12.9. The van der Waals surface area contributed by atoms with E-state index in [1.54, 1.807) is 31.2 Å². The Morgan fingerprint density at radius 2 is 2.04 bits per heavy atom. The van der Waals surface area contributed by atoms with Gasteiger partial charge in [0.25, 0.3) is 5.91 Å². The molecule has 2 aromatic rings. The minimum Gasteiger partial charge on any atom is -0.481 e. The highest BCUT2D eigenvalue weighted by Gasteiger charge is 2.14. The molecule has 7 heteroatoms. The van der Waals surface area contributed by atoms with Crippen molar-refractivity contribution >= 4 is 11.6 Å². The first-order chi connectivity index (χ1) is 11.6. The molecule has 0 radical (unpaired) electrons. The van der Waals surface area contributed by atoms with Gasteiger partial charge in [-0.25, -0.2) is 9.82 Å². The fraction of sp³-hybridized carbons (Fsp3) is 0.176. The van der Waals surface area contributed by atoms with Crippen LogP contribution < -0.4 is 19.6 Å². The first kappa shape index (κ1) is 15.8. The van der Waals surface area contributed by atoms with E-state index in [0.29, 0.717) is 17.2 Å². The molecule has 0 bridgehead atoms. The van der Waals surface area contributed by atoms with Crippen LogP contribution in [0.15, 0.2) is 47.6 Å². The smallest absolute Gasteiger partial charge is 0.277 e. The molecule has 3 rings (SSSR count). The van der Waals surface area contributed by atoms with E-state index in [-0.39, 0.29) is 19.1 Å². The second-order valence-electron chi connectivity index (χ2n) is 5.02. The number of halogens is 1. The third kappa shape index (κ3) is 3.62. The lowest BCUT2D eigenvalue weighted by Crippen LogP contribution is -2.25.